The fourth-order valence-electron chi connectivity index (χ4n) is 3.20. The smallest absolute Gasteiger partial charge is 0.409 e. The van der Waals surface area contributed by atoms with Crippen molar-refractivity contribution in [3.05, 3.63) is 112 Å². The molecule has 1 aromatic heterocycles. The molecule has 3 aromatic carbocycles. The van der Waals surface area contributed by atoms with Crippen LogP contribution in [-0.4, -0.2) is 10.9 Å². The Labute approximate surface area is 166 Å². The lowest BCUT2D eigenvalue weighted by Gasteiger charge is -2.08. The van der Waals surface area contributed by atoms with Gasteiger partial charge in [0.2, 0.25) is 5.52 Å². The minimum absolute atomic E-state index is 0.128. The number of esters is 1. The van der Waals surface area contributed by atoms with Gasteiger partial charge in [-0.15, -0.1) is 0 Å². The first-order valence-electron chi connectivity index (χ1n) is 9.04. The fourth-order valence-corrected chi connectivity index (χ4v) is 3.20. The maximum atomic E-state index is 12.9. The van der Waals surface area contributed by atoms with Crippen LogP contribution in [0.1, 0.15) is 16.1 Å². The number of carbonyl (C=O) groups is 1. The predicted molar refractivity (Wildman–Crippen MR) is 108 cm³/mol. The van der Waals surface area contributed by atoms with Crippen molar-refractivity contribution in [3.8, 4) is 5.75 Å². The number of carbonyl (C=O) groups excluding carboxylic acids is 1. The Morgan fingerprint density at radius 3 is 2.45 bits per heavy atom. The molecule has 1 heterocycles. The summed E-state index contributed by atoms with van der Waals surface area (Å²) in [6.07, 6.45) is 0. The number of nitro benzene ring substituents is 1. The molecule has 0 fully saturated rings. The van der Waals surface area contributed by atoms with Gasteiger partial charge in [-0.2, -0.15) is 4.57 Å². The first-order chi connectivity index (χ1) is 14.1. The maximum absolute atomic E-state index is 12.9. The maximum Gasteiger partial charge on any atom is 0.409 e. The molecule has 0 bridgehead atoms. The summed E-state index contributed by atoms with van der Waals surface area (Å²) >= 11 is 0. The average Bonchev–Trinajstić information content (AvgIpc) is 2.75. The summed E-state index contributed by atoms with van der Waals surface area (Å²) in [5, 5.41) is 12.0. The molecule has 0 amide bonds. The van der Waals surface area contributed by atoms with Crippen LogP contribution >= 0.6 is 0 Å². The van der Waals surface area contributed by atoms with E-state index in [2.05, 4.69) is 0 Å². The van der Waals surface area contributed by atoms with E-state index in [1.165, 1.54) is 24.3 Å². The Morgan fingerprint density at radius 1 is 0.897 bits per heavy atom. The molecule has 29 heavy (non-hydrogen) atoms. The topological polar surface area (TPSA) is 73.3 Å². The van der Waals surface area contributed by atoms with Crippen LogP contribution in [0.2, 0.25) is 0 Å². The number of benzene rings is 3. The first kappa shape index (κ1) is 18.3. The second kappa shape index (κ2) is 7.90. The third-order valence-corrected chi connectivity index (χ3v) is 4.57. The molecular formula is C23H17N2O4+. The highest BCUT2D eigenvalue weighted by molar-refractivity contribution is 5.89. The molecule has 0 saturated heterocycles. The van der Waals surface area contributed by atoms with Gasteiger partial charge in [0.25, 0.3) is 11.4 Å². The van der Waals surface area contributed by atoms with Gasteiger partial charge in [0.1, 0.15) is 5.75 Å². The van der Waals surface area contributed by atoms with Gasteiger partial charge < -0.3 is 4.74 Å². The number of hydrogen-bond donors (Lipinski definition) is 0. The van der Waals surface area contributed by atoms with E-state index in [9.17, 15) is 14.9 Å². The van der Waals surface area contributed by atoms with Crippen LogP contribution in [0.25, 0.3) is 10.9 Å². The van der Waals surface area contributed by atoms with Crippen LogP contribution in [0.3, 0.4) is 0 Å². The van der Waals surface area contributed by atoms with E-state index in [1.807, 2.05) is 65.2 Å². The zero-order chi connectivity index (χ0) is 20.2. The quantitative estimate of drug-likeness (QED) is 0.169. The molecule has 0 spiro atoms. The van der Waals surface area contributed by atoms with E-state index in [4.69, 9.17) is 4.74 Å². The highest BCUT2D eigenvalue weighted by Crippen LogP contribution is 2.20. The number of pyridine rings is 1. The number of nitrogens with zero attached hydrogens (tertiary/aromatic N) is 2. The summed E-state index contributed by atoms with van der Waals surface area (Å²) in [4.78, 5) is 23.4. The number of ether oxygens (including phenoxy) is 1. The molecule has 0 saturated carbocycles. The minimum Gasteiger partial charge on any atom is -0.418 e. The normalized spacial score (nSPS) is 10.6. The lowest BCUT2D eigenvalue weighted by atomic mass is 10.1. The lowest BCUT2D eigenvalue weighted by Crippen LogP contribution is -2.42. The largest absolute Gasteiger partial charge is 0.418 e. The summed E-state index contributed by atoms with van der Waals surface area (Å²) in [7, 11) is 0. The molecule has 6 nitrogen and oxygen atoms in total. The van der Waals surface area contributed by atoms with Crippen molar-refractivity contribution < 1.29 is 19.0 Å². The Hall–Kier alpha value is -4.06. The SMILES string of the molecule is O=C(Oc1cccc([N+](=O)[O-])c1)c1ccc2ccccc2[n+]1Cc1ccccc1. The van der Waals surface area contributed by atoms with Crippen molar-refractivity contribution in [2.24, 2.45) is 0 Å². The zero-order valence-electron chi connectivity index (χ0n) is 15.4. The Balaban J connectivity index is 1.74. The number of hydrogen-bond acceptors (Lipinski definition) is 4. The van der Waals surface area contributed by atoms with Crippen molar-refractivity contribution >= 4 is 22.6 Å². The van der Waals surface area contributed by atoms with E-state index in [0.717, 1.165) is 16.5 Å². The molecule has 0 aliphatic rings. The molecule has 0 atom stereocenters. The van der Waals surface area contributed by atoms with Crippen molar-refractivity contribution in [1.82, 2.24) is 0 Å². The molecule has 0 N–H and O–H groups in total. The number of rotatable bonds is 5. The first-order valence-corrected chi connectivity index (χ1v) is 9.04. The Morgan fingerprint density at radius 2 is 1.66 bits per heavy atom. The third kappa shape index (κ3) is 3.96. The van der Waals surface area contributed by atoms with Crippen LogP contribution in [-0.2, 0) is 6.54 Å². The number of nitro groups is 1. The second-order valence-electron chi connectivity index (χ2n) is 6.49. The van der Waals surface area contributed by atoms with Gasteiger partial charge in [0.05, 0.1) is 11.0 Å². The number of fused-ring (bicyclic) bond motifs is 1. The van der Waals surface area contributed by atoms with Crippen LogP contribution in [0, 0.1) is 10.1 Å². The van der Waals surface area contributed by atoms with E-state index in [-0.39, 0.29) is 11.4 Å². The van der Waals surface area contributed by atoms with Crippen LogP contribution in [0.5, 0.6) is 5.75 Å². The number of para-hydroxylation sites is 1. The van der Waals surface area contributed by atoms with Gasteiger partial charge in [0.15, 0.2) is 6.54 Å². The standard InChI is InChI=1S/C23H17N2O4/c26-23(29-20-11-6-10-19(15-20)25(27)28)22-14-13-18-9-4-5-12-21(18)24(22)16-17-7-2-1-3-8-17/h1-15H,16H2/q+1. The highest BCUT2D eigenvalue weighted by Gasteiger charge is 2.25. The van der Waals surface area contributed by atoms with Crippen molar-refractivity contribution in [2.45, 2.75) is 6.54 Å². The van der Waals surface area contributed by atoms with Gasteiger partial charge in [-0.3, -0.25) is 10.1 Å². The molecule has 142 valence electrons. The molecule has 0 radical (unpaired) electrons. The minimum atomic E-state index is -0.577. The fraction of sp³-hybridized carbons (Fsp3) is 0.0435. The van der Waals surface area contributed by atoms with Crippen molar-refractivity contribution in [2.75, 3.05) is 0 Å². The van der Waals surface area contributed by atoms with Crippen molar-refractivity contribution in [1.29, 1.82) is 0 Å². The summed E-state index contributed by atoms with van der Waals surface area (Å²) in [6, 6.07) is 26.8. The molecule has 4 aromatic rings. The molecular weight excluding hydrogens is 368 g/mol. The summed E-state index contributed by atoms with van der Waals surface area (Å²) in [5.74, 6) is -0.448. The molecule has 6 heteroatoms. The van der Waals surface area contributed by atoms with E-state index in [1.54, 1.807) is 6.07 Å². The monoisotopic (exact) mass is 385 g/mol. The van der Waals surface area contributed by atoms with Gasteiger partial charge in [-0.1, -0.05) is 48.5 Å². The van der Waals surface area contributed by atoms with E-state index < -0.39 is 10.9 Å². The van der Waals surface area contributed by atoms with Crippen molar-refractivity contribution in [3.63, 3.8) is 0 Å². The second-order valence-corrected chi connectivity index (χ2v) is 6.49. The summed E-state index contributed by atoms with van der Waals surface area (Å²) in [5.41, 5.74) is 2.16. The van der Waals surface area contributed by atoms with Gasteiger partial charge in [-0.25, -0.2) is 4.79 Å². The predicted octanol–water partition coefficient (Wildman–Crippen LogP) is 4.30. The average molecular weight is 385 g/mol. The van der Waals surface area contributed by atoms with Crippen LogP contribution in [0.4, 0.5) is 5.69 Å². The Kier molecular flexibility index (Phi) is 4.99. The Bertz CT molecular complexity index is 1210. The van der Waals surface area contributed by atoms with Crippen LogP contribution < -0.4 is 9.30 Å². The summed E-state index contributed by atoms with van der Waals surface area (Å²) in [6.45, 7) is 0.488. The van der Waals surface area contributed by atoms with Crippen LogP contribution in [0.15, 0.2) is 91.0 Å². The molecule has 0 aliphatic heterocycles. The van der Waals surface area contributed by atoms with Gasteiger partial charge in [-0.05, 0) is 18.2 Å². The number of aromatic nitrogens is 1. The summed E-state index contributed by atoms with van der Waals surface area (Å²) < 4.78 is 7.35. The van der Waals surface area contributed by atoms with Gasteiger partial charge in [0, 0.05) is 29.1 Å². The molecule has 4 rings (SSSR count). The molecule has 0 unspecified atom stereocenters. The third-order valence-electron chi connectivity index (χ3n) is 4.57. The number of non-ortho nitro benzene ring substituents is 1. The van der Waals surface area contributed by atoms with E-state index in [0.29, 0.717) is 12.2 Å². The lowest BCUT2D eigenvalue weighted by molar-refractivity contribution is -0.664. The van der Waals surface area contributed by atoms with E-state index >= 15 is 0 Å². The van der Waals surface area contributed by atoms with Gasteiger partial charge >= 0.3 is 5.97 Å². The highest BCUT2D eigenvalue weighted by atomic mass is 16.6. The zero-order valence-corrected chi connectivity index (χ0v) is 15.4. The molecule has 0 aliphatic carbocycles.